The third-order valence-electron chi connectivity index (χ3n) is 2.86. The minimum atomic E-state index is 0.763. The molecule has 0 saturated heterocycles. The average molecular weight is 222 g/mol. The summed E-state index contributed by atoms with van der Waals surface area (Å²) in [7, 11) is 4.22. The second-order valence-corrected chi connectivity index (χ2v) is 4.91. The average Bonchev–Trinajstić information content (AvgIpc) is 2.96. The Morgan fingerprint density at radius 2 is 2.31 bits per heavy atom. The predicted molar refractivity (Wildman–Crippen MR) is 65.3 cm³/mol. The first-order valence-corrected chi connectivity index (χ1v) is 6.13. The van der Waals surface area contributed by atoms with Crippen LogP contribution in [0.1, 0.15) is 25.0 Å². The first kappa shape index (κ1) is 11.6. The van der Waals surface area contributed by atoms with Gasteiger partial charge in [0.25, 0.3) is 0 Å². The van der Waals surface area contributed by atoms with E-state index in [1.807, 2.05) is 6.33 Å². The third-order valence-corrected chi connectivity index (χ3v) is 2.86. The van der Waals surface area contributed by atoms with Crippen LogP contribution in [0.15, 0.2) is 12.5 Å². The van der Waals surface area contributed by atoms with Crippen LogP contribution in [0.2, 0.25) is 0 Å². The smallest absolute Gasteiger partial charge is 0.0949 e. The maximum Gasteiger partial charge on any atom is 0.0949 e. The number of nitrogens with one attached hydrogen (secondary N) is 1. The van der Waals surface area contributed by atoms with Crippen molar-refractivity contribution in [1.29, 1.82) is 0 Å². The number of hydrogen-bond donors (Lipinski definition) is 1. The molecule has 0 atom stereocenters. The minimum Gasteiger partial charge on any atom is -0.337 e. The zero-order chi connectivity index (χ0) is 11.4. The molecule has 0 spiro atoms. The maximum atomic E-state index is 4.40. The zero-order valence-electron chi connectivity index (χ0n) is 10.3. The van der Waals surface area contributed by atoms with E-state index in [1.165, 1.54) is 19.3 Å². The fourth-order valence-electron chi connectivity index (χ4n) is 1.73. The SMILES string of the molecule is CN(C)CCCn1cnc(CNC2CC2)c1. The van der Waals surface area contributed by atoms with Gasteiger partial charge in [-0.15, -0.1) is 0 Å². The largest absolute Gasteiger partial charge is 0.337 e. The van der Waals surface area contributed by atoms with Gasteiger partial charge in [0.15, 0.2) is 0 Å². The number of imidazole rings is 1. The van der Waals surface area contributed by atoms with Crippen molar-refractivity contribution >= 4 is 0 Å². The van der Waals surface area contributed by atoms with Gasteiger partial charge in [-0.1, -0.05) is 0 Å². The number of rotatable bonds is 7. The molecule has 0 aliphatic heterocycles. The number of aromatic nitrogens is 2. The van der Waals surface area contributed by atoms with Crippen molar-refractivity contribution in [3.63, 3.8) is 0 Å². The zero-order valence-corrected chi connectivity index (χ0v) is 10.3. The van der Waals surface area contributed by atoms with Crippen molar-refractivity contribution in [1.82, 2.24) is 19.8 Å². The molecule has 0 unspecified atom stereocenters. The van der Waals surface area contributed by atoms with Gasteiger partial charge in [0.2, 0.25) is 0 Å². The number of aryl methyl sites for hydroxylation is 1. The van der Waals surface area contributed by atoms with E-state index < -0.39 is 0 Å². The van der Waals surface area contributed by atoms with Crippen molar-refractivity contribution in [3.05, 3.63) is 18.2 Å². The van der Waals surface area contributed by atoms with Gasteiger partial charge in [0.05, 0.1) is 12.0 Å². The van der Waals surface area contributed by atoms with Crippen LogP contribution in [-0.2, 0) is 13.1 Å². The second kappa shape index (κ2) is 5.46. The summed E-state index contributed by atoms with van der Waals surface area (Å²) < 4.78 is 2.19. The maximum absolute atomic E-state index is 4.40. The predicted octanol–water partition coefficient (Wildman–Crippen LogP) is 1.09. The molecule has 1 fully saturated rings. The molecule has 0 amide bonds. The van der Waals surface area contributed by atoms with E-state index in [1.54, 1.807) is 0 Å². The molecule has 16 heavy (non-hydrogen) atoms. The molecule has 0 aromatic carbocycles. The van der Waals surface area contributed by atoms with Crippen LogP contribution in [0.5, 0.6) is 0 Å². The van der Waals surface area contributed by atoms with Crippen molar-refractivity contribution in [2.45, 2.75) is 38.4 Å². The van der Waals surface area contributed by atoms with Crippen molar-refractivity contribution in [2.24, 2.45) is 0 Å². The fourth-order valence-corrected chi connectivity index (χ4v) is 1.73. The van der Waals surface area contributed by atoms with E-state index >= 15 is 0 Å². The molecular weight excluding hydrogens is 200 g/mol. The van der Waals surface area contributed by atoms with Gasteiger partial charge in [0.1, 0.15) is 0 Å². The molecule has 0 radical (unpaired) electrons. The Morgan fingerprint density at radius 1 is 1.50 bits per heavy atom. The minimum absolute atomic E-state index is 0.763. The molecule has 1 aliphatic carbocycles. The van der Waals surface area contributed by atoms with E-state index in [2.05, 4.69) is 40.1 Å². The summed E-state index contributed by atoms with van der Waals surface area (Å²) in [6.45, 7) is 3.12. The summed E-state index contributed by atoms with van der Waals surface area (Å²) in [4.78, 5) is 6.62. The number of hydrogen-bond acceptors (Lipinski definition) is 3. The van der Waals surface area contributed by atoms with Gasteiger partial charge < -0.3 is 14.8 Å². The summed E-state index contributed by atoms with van der Waals surface area (Å²) in [6.07, 6.45) is 7.95. The van der Waals surface area contributed by atoms with Gasteiger partial charge in [0, 0.05) is 25.3 Å². The lowest BCUT2D eigenvalue weighted by molar-refractivity contribution is 0.386. The highest BCUT2D eigenvalue weighted by Gasteiger charge is 2.20. The van der Waals surface area contributed by atoms with Crippen molar-refractivity contribution < 1.29 is 0 Å². The first-order valence-electron chi connectivity index (χ1n) is 6.13. The Labute approximate surface area is 97.7 Å². The highest BCUT2D eigenvalue weighted by atomic mass is 15.1. The van der Waals surface area contributed by atoms with E-state index in [0.717, 1.165) is 31.4 Å². The van der Waals surface area contributed by atoms with Gasteiger partial charge in [-0.2, -0.15) is 0 Å². The van der Waals surface area contributed by atoms with Crippen LogP contribution in [0, 0.1) is 0 Å². The van der Waals surface area contributed by atoms with Crippen LogP contribution in [0.4, 0.5) is 0 Å². The van der Waals surface area contributed by atoms with Crippen LogP contribution >= 0.6 is 0 Å². The topological polar surface area (TPSA) is 33.1 Å². The Morgan fingerprint density at radius 3 is 3.00 bits per heavy atom. The number of nitrogens with zero attached hydrogens (tertiary/aromatic N) is 3. The monoisotopic (exact) mass is 222 g/mol. The quantitative estimate of drug-likeness (QED) is 0.749. The molecule has 90 valence electrons. The molecule has 1 aliphatic rings. The van der Waals surface area contributed by atoms with Gasteiger partial charge in [-0.3, -0.25) is 0 Å². The summed E-state index contributed by atoms with van der Waals surface area (Å²) >= 11 is 0. The van der Waals surface area contributed by atoms with Crippen LogP contribution in [-0.4, -0.2) is 41.1 Å². The molecule has 1 heterocycles. The van der Waals surface area contributed by atoms with E-state index in [9.17, 15) is 0 Å². The van der Waals surface area contributed by atoms with Crippen molar-refractivity contribution in [2.75, 3.05) is 20.6 Å². The Kier molecular flexibility index (Phi) is 3.96. The lowest BCUT2D eigenvalue weighted by Gasteiger charge is -2.08. The summed E-state index contributed by atoms with van der Waals surface area (Å²) in [5.41, 5.74) is 1.16. The summed E-state index contributed by atoms with van der Waals surface area (Å²) in [5, 5.41) is 3.48. The van der Waals surface area contributed by atoms with Gasteiger partial charge in [-0.05, 0) is 39.9 Å². The first-order chi connectivity index (χ1) is 7.74. The van der Waals surface area contributed by atoms with E-state index in [0.29, 0.717) is 0 Å². The van der Waals surface area contributed by atoms with Crippen LogP contribution in [0.25, 0.3) is 0 Å². The van der Waals surface area contributed by atoms with Gasteiger partial charge >= 0.3 is 0 Å². The molecule has 1 aromatic heterocycles. The second-order valence-electron chi connectivity index (χ2n) is 4.91. The summed E-state index contributed by atoms with van der Waals surface area (Å²) in [5.74, 6) is 0. The third kappa shape index (κ3) is 3.94. The molecule has 0 bridgehead atoms. The standard InChI is InChI=1S/C12H22N4/c1-15(2)6-3-7-16-9-12(14-10-16)8-13-11-4-5-11/h9-11,13H,3-8H2,1-2H3. The Bertz CT molecular complexity index is 315. The highest BCUT2D eigenvalue weighted by Crippen LogP contribution is 2.18. The van der Waals surface area contributed by atoms with E-state index in [-0.39, 0.29) is 0 Å². The van der Waals surface area contributed by atoms with Crippen molar-refractivity contribution in [3.8, 4) is 0 Å². The van der Waals surface area contributed by atoms with Crippen LogP contribution < -0.4 is 5.32 Å². The normalized spacial score (nSPS) is 15.9. The molecule has 1 N–H and O–H groups in total. The Balaban J connectivity index is 1.68. The molecule has 1 saturated carbocycles. The molecule has 4 heteroatoms. The molecule has 4 nitrogen and oxygen atoms in total. The molecule has 2 rings (SSSR count). The Hall–Kier alpha value is -0.870. The lowest BCUT2D eigenvalue weighted by Crippen LogP contribution is -2.15. The van der Waals surface area contributed by atoms with E-state index in [4.69, 9.17) is 0 Å². The van der Waals surface area contributed by atoms with Crippen LogP contribution in [0.3, 0.4) is 0 Å². The van der Waals surface area contributed by atoms with Gasteiger partial charge in [-0.25, -0.2) is 4.98 Å². The lowest BCUT2D eigenvalue weighted by atomic mass is 10.4. The molecule has 1 aromatic rings. The fraction of sp³-hybridized carbons (Fsp3) is 0.750. The molecular formula is C12H22N4. The highest BCUT2D eigenvalue weighted by molar-refractivity contribution is 4.97. The summed E-state index contributed by atoms with van der Waals surface area (Å²) in [6, 6.07) is 0.763.